The number of nitro groups is 1. The molecule has 0 aliphatic carbocycles. The second kappa shape index (κ2) is 3.34. The molecular weight excluding hydrogens is 158 g/mol. The van der Waals surface area contributed by atoms with Crippen LogP contribution in [0, 0.1) is 16.0 Å². The Balaban J connectivity index is 2.84. The summed E-state index contributed by atoms with van der Waals surface area (Å²) in [5.41, 5.74) is 0. The van der Waals surface area contributed by atoms with E-state index in [-0.39, 0.29) is 5.82 Å². The molecular formula is C7H11N3O2. The van der Waals surface area contributed by atoms with Crippen molar-refractivity contribution < 1.29 is 4.92 Å². The van der Waals surface area contributed by atoms with Crippen LogP contribution in [0.2, 0.25) is 0 Å². The lowest BCUT2D eigenvalue weighted by Gasteiger charge is -2.01. The molecule has 1 aromatic heterocycles. The fourth-order valence-corrected chi connectivity index (χ4v) is 0.967. The zero-order valence-corrected chi connectivity index (χ0v) is 7.10. The number of nitrogens with zero attached hydrogens (tertiary/aromatic N) is 3. The molecule has 1 heterocycles. The number of rotatable bonds is 3. The van der Waals surface area contributed by atoms with Crippen LogP contribution in [0.3, 0.4) is 0 Å². The standard InChI is InChI=1S/C7H11N3O2/c1-6(2)5-9-7(10(11)12)3-4-8-9/h3-4,6H,5H2,1-2H3. The van der Waals surface area contributed by atoms with Gasteiger partial charge in [0.15, 0.2) is 0 Å². The van der Waals surface area contributed by atoms with Gasteiger partial charge in [-0.05, 0) is 10.8 Å². The maximum atomic E-state index is 10.4. The van der Waals surface area contributed by atoms with Crippen molar-refractivity contribution in [2.24, 2.45) is 5.92 Å². The van der Waals surface area contributed by atoms with Crippen LogP contribution in [0.25, 0.3) is 0 Å². The molecule has 5 heteroatoms. The Morgan fingerprint density at radius 3 is 2.92 bits per heavy atom. The Hall–Kier alpha value is -1.39. The summed E-state index contributed by atoms with van der Waals surface area (Å²) in [5, 5.41) is 14.3. The molecule has 66 valence electrons. The summed E-state index contributed by atoms with van der Waals surface area (Å²) < 4.78 is 1.41. The molecule has 12 heavy (non-hydrogen) atoms. The van der Waals surface area contributed by atoms with E-state index in [2.05, 4.69) is 5.10 Å². The zero-order valence-electron chi connectivity index (χ0n) is 7.10. The molecule has 0 spiro atoms. The Labute approximate surface area is 70.2 Å². The number of hydrogen-bond acceptors (Lipinski definition) is 3. The minimum atomic E-state index is -0.421. The third kappa shape index (κ3) is 1.81. The van der Waals surface area contributed by atoms with Gasteiger partial charge in [-0.2, -0.15) is 0 Å². The molecule has 0 aliphatic rings. The number of hydrogen-bond donors (Lipinski definition) is 0. The maximum Gasteiger partial charge on any atom is 0.344 e. The van der Waals surface area contributed by atoms with Crippen molar-refractivity contribution in [3.63, 3.8) is 0 Å². The van der Waals surface area contributed by atoms with Gasteiger partial charge in [0, 0.05) is 0 Å². The second-order valence-electron chi connectivity index (χ2n) is 3.02. The monoisotopic (exact) mass is 169 g/mol. The van der Waals surface area contributed by atoms with Crippen LogP contribution < -0.4 is 0 Å². The quantitative estimate of drug-likeness (QED) is 0.508. The molecule has 0 amide bonds. The third-order valence-electron chi connectivity index (χ3n) is 1.42. The predicted molar refractivity (Wildman–Crippen MR) is 43.7 cm³/mol. The highest BCUT2D eigenvalue weighted by Gasteiger charge is 2.13. The van der Waals surface area contributed by atoms with Crippen LogP contribution in [0.5, 0.6) is 0 Å². The maximum absolute atomic E-state index is 10.4. The summed E-state index contributed by atoms with van der Waals surface area (Å²) in [7, 11) is 0. The molecule has 0 fully saturated rings. The van der Waals surface area contributed by atoms with Crippen LogP contribution in [0.1, 0.15) is 13.8 Å². The van der Waals surface area contributed by atoms with Gasteiger partial charge in [0.1, 0.15) is 6.54 Å². The molecule has 0 aliphatic heterocycles. The molecule has 0 saturated carbocycles. The minimum Gasteiger partial charge on any atom is -0.358 e. The van der Waals surface area contributed by atoms with Gasteiger partial charge in [-0.25, -0.2) is 0 Å². The molecule has 1 rings (SSSR count). The van der Waals surface area contributed by atoms with Gasteiger partial charge in [-0.15, -0.1) is 4.68 Å². The molecule has 0 bridgehead atoms. The Bertz CT molecular complexity index is 280. The van der Waals surface area contributed by atoms with Crippen molar-refractivity contribution in [2.75, 3.05) is 0 Å². The van der Waals surface area contributed by atoms with Crippen LogP contribution in [0.15, 0.2) is 12.3 Å². The number of aromatic nitrogens is 2. The van der Waals surface area contributed by atoms with E-state index in [4.69, 9.17) is 0 Å². The van der Waals surface area contributed by atoms with Gasteiger partial charge in [0.2, 0.25) is 0 Å². The highest BCUT2D eigenvalue weighted by molar-refractivity contribution is 5.15. The summed E-state index contributed by atoms with van der Waals surface area (Å²) >= 11 is 0. The van der Waals surface area contributed by atoms with Crippen molar-refractivity contribution in [3.05, 3.63) is 22.4 Å². The first kappa shape index (κ1) is 8.70. The molecule has 0 radical (unpaired) electrons. The first-order valence-corrected chi connectivity index (χ1v) is 3.77. The topological polar surface area (TPSA) is 61.0 Å². The minimum absolute atomic E-state index is 0.0590. The van der Waals surface area contributed by atoms with Crippen molar-refractivity contribution in [1.82, 2.24) is 9.78 Å². The molecule has 0 unspecified atom stereocenters. The van der Waals surface area contributed by atoms with E-state index < -0.39 is 4.92 Å². The van der Waals surface area contributed by atoms with Gasteiger partial charge < -0.3 is 10.1 Å². The summed E-state index contributed by atoms with van der Waals surface area (Å²) in [4.78, 5) is 9.99. The Morgan fingerprint density at radius 1 is 1.75 bits per heavy atom. The van der Waals surface area contributed by atoms with E-state index >= 15 is 0 Å². The molecule has 0 aromatic carbocycles. The molecule has 0 atom stereocenters. The average Bonchev–Trinajstić information content (AvgIpc) is 2.33. The SMILES string of the molecule is CC(C)Cn1nccc1[N+](=O)[O-]. The summed E-state index contributed by atoms with van der Waals surface area (Å²) in [6.07, 6.45) is 1.44. The normalized spacial score (nSPS) is 10.6. The lowest BCUT2D eigenvalue weighted by molar-refractivity contribution is -0.392. The molecule has 0 saturated heterocycles. The van der Waals surface area contributed by atoms with Gasteiger partial charge in [-0.1, -0.05) is 18.9 Å². The smallest absolute Gasteiger partial charge is 0.344 e. The second-order valence-corrected chi connectivity index (χ2v) is 3.02. The predicted octanol–water partition coefficient (Wildman–Crippen LogP) is 1.45. The van der Waals surface area contributed by atoms with Crippen LogP contribution in [-0.2, 0) is 6.54 Å². The summed E-state index contributed by atoms with van der Waals surface area (Å²) in [6, 6.07) is 1.41. The van der Waals surface area contributed by atoms with Gasteiger partial charge in [0.25, 0.3) is 0 Å². The van der Waals surface area contributed by atoms with E-state index in [0.717, 1.165) is 0 Å². The lowest BCUT2D eigenvalue weighted by atomic mass is 10.2. The Kier molecular flexibility index (Phi) is 2.42. The first-order chi connectivity index (χ1) is 5.61. The highest BCUT2D eigenvalue weighted by Crippen LogP contribution is 2.11. The summed E-state index contributed by atoms with van der Waals surface area (Å²) in [6.45, 7) is 4.57. The van der Waals surface area contributed by atoms with E-state index in [1.54, 1.807) is 0 Å². The lowest BCUT2D eigenvalue weighted by Crippen LogP contribution is -2.08. The van der Waals surface area contributed by atoms with Gasteiger partial charge >= 0.3 is 5.82 Å². The van der Waals surface area contributed by atoms with E-state index in [1.807, 2.05) is 13.8 Å². The van der Waals surface area contributed by atoms with Gasteiger partial charge in [-0.3, -0.25) is 0 Å². The van der Waals surface area contributed by atoms with E-state index in [1.165, 1.54) is 16.9 Å². The first-order valence-electron chi connectivity index (χ1n) is 3.77. The molecule has 1 aromatic rings. The van der Waals surface area contributed by atoms with Crippen LogP contribution >= 0.6 is 0 Å². The average molecular weight is 169 g/mol. The largest absolute Gasteiger partial charge is 0.358 e. The van der Waals surface area contributed by atoms with Crippen LogP contribution in [-0.4, -0.2) is 14.7 Å². The zero-order chi connectivity index (χ0) is 9.14. The van der Waals surface area contributed by atoms with E-state index in [0.29, 0.717) is 12.5 Å². The van der Waals surface area contributed by atoms with Crippen molar-refractivity contribution in [3.8, 4) is 0 Å². The Morgan fingerprint density at radius 2 is 2.42 bits per heavy atom. The fourth-order valence-electron chi connectivity index (χ4n) is 0.967. The van der Waals surface area contributed by atoms with Crippen molar-refractivity contribution in [2.45, 2.75) is 20.4 Å². The van der Waals surface area contributed by atoms with Crippen molar-refractivity contribution in [1.29, 1.82) is 0 Å². The summed E-state index contributed by atoms with van der Waals surface area (Å²) in [5.74, 6) is 0.423. The fraction of sp³-hybridized carbons (Fsp3) is 0.571. The van der Waals surface area contributed by atoms with Gasteiger partial charge in [0.05, 0.1) is 12.3 Å². The third-order valence-corrected chi connectivity index (χ3v) is 1.42. The molecule has 0 N–H and O–H groups in total. The van der Waals surface area contributed by atoms with Crippen molar-refractivity contribution >= 4 is 5.82 Å². The van der Waals surface area contributed by atoms with E-state index in [9.17, 15) is 10.1 Å². The highest BCUT2D eigenvalue weighted by atomic mass is 16.6. The van der Waals surface area contributed by atoms with Crippen LogP contribution in [0.4, 0.5) is 5.82 Å². The molecule has 5 nitrogen and oxygen atoms in total.